The third kappa shape index (κ3) is 4.90. The number of nitrogens with one attached hydrogen (secondary N) is 1. The van der Waals surface area contributed by atoms with Gasteiger partial charge >= 0.3 is 57.4 Å². The van der Waals surface area contributed by atoms with Crippen LogP contribution in [0.1, 0.15) is 6.99 Å². The van der Waals surface area contributed by atoms with E-state index in [9.17, 15) is 14.9 Å². The molecule has 0 aromatic heterocycles. The van der Waals surface area contributed by atoms with E-state index in [0.717, 1.165) is 0 Å². The van der Waals surface area contributed by atoms with Gasteiger partial charge < -0.3 is 11.8 Å². The van der Waals surface area contributed by atoms with E-state index in [2.05, 4.69) is 5.32 Å². The normalized spacial score (nSPS) is 9.29. The number of benzene rings is 1. The summed E-state index contributed by atoms with van der Waals surface area (Å²) in [6.45, 7) is 1.29. The molecule has 0 aliphatic rings. The number of nitro groups is 1. The van der Waals surface area contributed by atoms with E-state index in [1.54, 1.807) is 6.92 Å². The third-order valence-electron chi connectivity index (χ3n) is 1.90. The molecular weight excluding hydrogens is 275 g/mol. The molecule has 0 spiro atoms. The van der Waals surface area contributed by atoms with Gasteiger partial charge in [0.2, 0.25) is 0 Å². The Morgan fingerprint density at radius 1 is 1.65 bits per heavy atom. The monoisotopic (exact) mass is 284 g/mol. The van der Waals surface area contributed by atoms with Crippen molar-refractivity contribution in [1.29, 1.82) is 0 Å². The number of carbonyl (C=O) groups is 1. The van der Waals surface area contributed by atoms with Crippen LogP contribution in [0, 0.1) is 17.0 Å². The number of rotatable bonds is 4. The molecule has 0 heterocycles. The Kier molecular flexibility index (Phi) is 7.22. The predicted molar refractivity (Wildman–Crippen MR) is 60.1 cm³/mol. The number of carboxylic acid groups (broad SMARTS) is 1. The quantitative estimate of drug-likeness (QED) is 0.428. The standard InChI is InChI=1S/C9H9ClN2O4.K.H/c1-5-2-7(11-4-9(13)14)8(12(15)16)3-6(5)10;;/h2-3,11H,4H2,1H3,(H,13,14);;/q;+1;-1. The van der Waals surface area contributed by atoms with Crippen molar-refractivity contribution >= 4 is 28.9 Å². The van der Waals surface area contributed by atoms with E-state index in [1.165, 1.54) is 12.1 Å². The molecule has 2 N–H and O–H groups in total. The van der Waals surface area contributed by atoms with Crippen molar-refractivity contribution < 1.29 is 67.6 Å². The van der Waals surface area contributed by atoms with Crippen LogP contribution in [0.5, 0.6) is 0 Å². The minimum atomic E-state index is -1.10. The third-order valence-corrected chi connectivity index (χ3v) is 2.31. The molecule has 0 amide bonds. The van der Waals surface area contributed by atoms with Crippen LogP contribution in [0.25, 0.3) is 0 Å². The summed E-state index contributed by atoms with van der Waals surface area (Å²) in [6, 6.07) is 2.64. The average Bonchev–Trinajstić information content (AvgIpc) is 2.18. The van der Waals surface area contributed by atoms with Gasteiger partial charge in [-0.15, -0.1) is 0 Å². The van der Waals surface area contributed by atoms with Gasteiger partial charge in [-0.3, -0.25) is 14.9 Å². The Morgan fingerprint density at radius 2 is 2.24 bits per heavy atom. The zero-order valence-electron chi connectivity index (χ0n) is 10.4. The van der Waals surface area contributed by atoms with Gasteiger partial charge in [0, 0.05) is 6.07 Å². The second-order valence-corrected chi connectivity index (χ2v) is 3.53. The van der Waals surface area contributed by atoms with Crippen LogP contribution in [-0.2, 0) is 4.79 Å². The van der Waals surface area contributed by atoms with Gasteiger partial charge in [0.1, 0.15) is 12.2 Å². The number of nitrogens with zero attached hydrogens (tertiary/aromatic N) is 1. The van der Waals surface area contributed by atoms with Gasteiger partial charge in [0.25, 0.3) is 5.69 Å². The summed E-state index contributed by atoms with van der Waals surface area (Å²) in [7, 11) is 0. The van der Waals surface area contributed by atoms with Gasteiger partial charge in [0.05, 0.1) is 9.95 Å². The molecule has 0 atom stereocenters. The molecule has 0 aliphatic heterocycles. The second kappa shape index (κ2) is 7.29. The molecule has 8 heteroatoms. The largest absolute Gasteiger partial charge is 1.00 e. The fraction of sp³-hybridized carbons (Fsp3) is 0.222. The number of aryl methyl sites for hydroxylation is 1. The summed E-state index contributed by atoms with van der Waals surface area (Å²) in [5.74, 6) is -1.10. The number of aliphatic carboxylic acids is 1. The maximum atomic E-state index is 10.7. The molecule has 1 aromatic carbocycles. The van der Waals surface area contributed by atoms with Gasteiger partial charge in [-0.1, -0.05) is 11.6 Å². The first-order valence-corrected chi connectivity index (χ1v) is 4.70. The van der Waals surface area contributed by atoms with E-state index >= 15 is 0 Å². The predicted octanol–water partition coefficient (Wildman–Crippen LogP) is -0.830. The number of hydrogen-bond donors (Lipinski definition) is 2. The van der Waals surface area contributed by atoms with Crippen molar-refractivity contribution in [3.05, 3.63) is 32.8 Å². The summed E-state index contributed by atoms with van der Waals surface area (Å²) < 4.78 is 0. The molecule has 0 fully saturated rings. The van der Waals surface area contributed by atoms with Gasteiger partial charge in [-0.25, -0.2) is 0 Å². The SMILES string of the molecule is Cc1cc(NCC(=O)O)c([N+](=O)[O-])cc1Cl.[H-].[K+]. The maximum Gasteiger partial charge on any atom is 1.00 e. The molecule has 1 aromatic rings. The Labute approximate surface area is 146 Å². The topological polar surface area (TPSA) is 92.5 Å². The van der Waals surface area contributed by atoms with Crippen molar-refractivity contribution in [3.8, 4) is 0 Å². The first kappa shape index (κ1) is 16.8. The summed E-state index contributed by atoms with van der Waals surface area (Å²) in [5, 5.41) is 21.9. The minimum Gasteiger partial charge on any atom is -1.00 e. The first-order chi connectivity index (χ1) is 7.41. The van der Waals surface area contributed by atoms with Crippen molar-refractivity contribution in [2.45, 2.75) is 6.92 Å². The zero-order valence-corrected chi connectivity index (χ0v) is 13.2. The fourth-order valence-electron chi connectivity index (χ4n) is 1.13. The van der Waals surface area contributed by atoms with E-state index < -0.39 is 10.9 Å². The Hall–Kier alpha value is -0.184. The first-order valence-electron chi connectivity index (χ1n) is 4.32. The summed E-state index contributed by atoms with van der Waals surface area (Å²) in [5.41, 5.74) is 0.548. The van der Waals surface area contributed by atoms with Crippen molar-refractivity contribution in [3.63, 3.8) is 0 Å². The van der Waals surface area contributed by atoms with E-state index in [-0.39, 0.29) is 75.8 Å². The van der Waals surface area contributed by atoms with Crippen LogP contribution in [0.2, 0.25) is 5.02 Å². The van der Waals surface area contributed by atoms with Crippen LogP contribution < -0.4 is 56.7 Å². The van der Waals surface area contributed by atoms with Crippen molar-refractivity contribution in [2.24, 2.45) is 0 Å². The summed E-state index contributed by atoms with van der Waals surface area (Å²) in [6.07, 6.45) is 0. The zero-order chi connectivity index (χ0) is 12.3. The molecule has 0 saturated carbocycles. The van der Waals surface area contributed by atoms with Gasteiger partial charge in [0.15, 0.2) is 0 Å². The summed E-state index contributed by atoms with van der Waals surface area (Å²) >= 11 is 5.74. The molecule has 17 heavy (non-hydrogen) atoms. The average molecular weight is 285 g/mol. The molecule has 0 radical (unpaired) electrons. The van der Waals surface area contributed by atoms with Gasteiger partial charge in [-0.05, 0) is 18.6 Å². The number of halogens is 1. The Bertz CT molecular complexity index is 458. The number of nitro benzene ring substituents is 1. The van der Waals surface area contributed by atoms with E-state index in [4.69, 9.17) is 16.7 Å². The van der Waals surface area contributed by atoms with Crippen LogP contribution in [0.3, 0.4) is 0 Å². The van der Waals surface area contributed by atoms with Crippen LogP contribution in [-0.4, -0.2) is 22.5 Å². The molecule has 88 valence electrons. The molecule has 0 unspecified atom stereocenters. The molecule has 6 nitrogen and oxygen atoms in total. The maximum absolute atomic E-state index is 10.7. The van der Waals surface area contributed by atoms with Crippen LogP contribution in [0.15, 0.2) is 12.1 Å². The number of anilines is 1. The number of carboxylic acids is 1. The van der Waals surface area contributed by atoms with Crippen molar-refractivity contribution in [2.75, 3.05) is 11.9 Å². The van der Waals surface area contributed by atoms with Gasteiger partial charge in [-0.2, -0.15) is 0 Å². The fourth-order valence-corrected chi connectivity index (χ4v) is 1.29. The van der Waals surface area contributed by atoms with E-state index in [0.29, 0.717) is 5.56 Å². The van der Waals surface area contributed by atoms with E-state index in [1.807, 2.05) is 0 Å². The smallest absolute Gasteiger partial charge is 1.00 e. The molecule has 0 saturated heterocycles. The Morgan fingerprint density at radius 3 is 2.71 bits per heavy atom. The summed E-state index contributed by atoms with van der Waals surface area (Å²) in [4.78, 5) is 20.4. The molecule has 0 aliphatic carbocycles. The minimum absolute atomic E-state index is 0. The molecule has 0 bridgehead atoms. The van der Waals surface area contributed by atoms with Crippen molar-refractivity contribution in [1.82, 2.24) is 0 Å². The molecular formula is C9H10ClKN2O4. The Balaban J connectivity index is 0. The second-order valence-electron chi connectivity index (χ2n) is 3.12. The molecule has 1 rings (SSSR count). The van der Waals surface area contributed by atoms with Crippen LogP contribution in [0.4, 0.5) is 11.4 Å². The van der Waals surface area contributed by atoms with Crippen LogP contribution >= 0.6 is 11.6 Å². The number of hydrogen-bond acceptors (Lipinski definition) is 4.